The molecule has 4 atom stereocenters. The molecule has 5 nitrogen and oxygen atoms in total. The van der Waals surface area contributed by atoms with Crippen LogP contribution in [0.5, 0.6) is 5.75 Å². The van der Waals surface area contributed by atoms with Crippen molar-refractivity contribution in [1.82, 2.24) is 9.88 Å². The Bertz CT molecular complexity index is 1080. The number of amides is 1. The maximum Gasteiger partial charge on any atom is 0.223 e. The summed E-state index contributed by atoms with van der Waals surface area (Å²) in [5.74, 6) is 0.990. The van der Waals surface area contributed by atoms with Gasteiger partial charge in [0.05, 0.1) is 17.2 Å². The van der Waals surface area contributed by atoms with E-state index in [1.54, 1.807) is 0 Å². The zero-order valence-corrected chi connectivity index (χ0v) is 20.5. The van der Waals surface area contributed by atoms with Crippen molar-refractivity contribution >= 4 is 28.4 Å². The van der Waals surface area contributed by atoms with Gasteiger partial charge in [-0.3, -0.25) is 4.79 Å². The molecule has 1 amide bonds. The first-order chi connectivity index (χ1) is 15.9. The molecule has 2 heterocycles. The molecule has 3 aliphatic rings. The summed E-state index contributed by atoms with van der Waals surface area (Å²) in [6.45, 7) is 4.49. The number of likely N-dealkylation sites (tertiary alicyclic amines) is 1. The van der Waals surface area contributed by atoms with E-state index in [9.17, 15) is 10.1 Å². The fourth-order valence-electron chi connectivity index (χ4n) is 6.31. The normalized spacial score (nSPS) is 27.9. The van der Waals surface area contributed by atoms with Crippen molar-refractivity contribution in [3.8, 4) is 11.8 Å². The molecular weight excluding hydrogens is 434 g/mol. The lowest BCUT2D eigenvalue weighted by atomic mass is 9.65. The van der Waals surface area contributed by atoms with Gasteiger partial charge in [-0.2, -0.15) is 5.26 Å². The van der Waals surface area contributed by atoms with E-state index in [1.165, 1.54) is 12.8 Å². The van der Waals surface area contributed by atoms with E-state index in [2.05, 4.69) is 29.8 Å². The van der Waals surface area contributed by atoms with Gasteiger partial charge in [0.25, 0.3) is 0 Å². The Morgan fingerprint density at radius 1 is 1.36 bits per heavy atom. The van der Waals surface area contributed by atoms with E-state index >= 15 is 0 Å². The van der Waals surface area contributed by atoms with Crippen molar-refractivity contribution in [3.63, 3.8) is 0 Å². The van der Waals surface area contributed by atoms with Gasteiger partial charge in [-0.25, -0.2) is 0 Å². The molecule has 2 bridgehead atoms. The number of fused-ring (bicyclic) bond motifs is 3. The second kappa shape index (κ2) is 8.87. The summed E-state index contributed by atoms with van der Waals surface area (Å²) in [7, 11) is 0. The molecule has 2 aliphatic carbocycles. The number of carbonyl (C=O) groups excluding carboxylic acids is 1. The number of nitriles is 1. The molecule has 1 N–H and O–H groups in total. The van der Waals surface area contributed by atoms with Crippen LogP contribution in [0.25, 0.3) is 10.9 Å². The van der Waals surface area contributed by atoms with E-state index in [0.29, 0.717) is 29.3 Å². The molecule has 0 spiro atoms. The highest BCUT2D eigenvalue weighted by atomic mass is 35.5. The van der Waals surface area contributed by atoms with E-state index in [0.717, 1.165) is 60.7 Å². The average Bonchev–Trinajstić information content (AvgIpc) is 3.48. The molecule has 1 aromatic carbocycles. The van der Waals surface area contributed by atoms with Crippen molar-refractivity contribution in [1.29, 1.82) is 5.26 Å². The molecule has 6 heteroatoms. The predicted molar refractivity (Wildman–Crippen MR) is 130 cm³/mol. The number of H-pyrrole nitrogens is 1. The molecule has 2 aromatic rings. The molecule has 4 unspecified atom stereocenters. The number of rotatable bonds is 7. The van der Waals surface area contributed by atoms with Crippen LogP contribution in [0.1, 0.15) is 89.5 Å². The summed E-state index contributed by atoms with van der Waals surface area (Å²) >= 11 is 6.78. The van der Waals surface area contributed by atoms with Crippen LogP contribution in [-0.2, 0) is 4.79 Å². The highest BCUT2D eigenvalue weighted by Gasteiger charge is 2.45. The maximum absolute atomic E-state index is 13.7. The second-order valence-corrected chi connectivity index (χ2v) is 11.3. The number of aromatic amines is 1. The van der Waals surface area contributed by atoms with Gasteiger partial charge < -0.3 is 14.6 Å². The number of piperidine rings is 1. The number of ether oxygens (including phenoxy) is 1. The summed E-state index contributed by atoms with van der Waals surface area (Å²) in [5, 5.41) is 10.8. The van der Waals surface area contributed by atoms with Gasteiger partial charge in [-0.15, -0.1) is 0 Å². The third-order valence-corrected chi connectivity index (χ3v) is 8.42. The smallest absolute Gasteiger partial charge is 0.223 e. The highest BCUT2D eigenvalue weighted by molar-refractivity contribution is 6.37. The van der Waals surface area contributed by atoms with Gasteiger partial charge in [0, 0.05) is 42.0 Å². The predicted octanol–water partition coefficient (Wildman–Crippen LogP) is 6.71. The first kappa shape index (κ1) is 22.6. The Hall–Kier alpha value is -2.19. The van der Waals surface area contributed by atoms with Gasteiger partial charge in [0.15, 0.2) is 0 Å². The number of aromatic nitrogens is 1. The minimum absolute atomic E-state index is 0.0356. The van der Waals surface area contributed by atoms with Crippen molar-refractivity contribution in [2.75, 3.05) is 0 Å². The molecular formula is C27H34ClN3O2. The van der Waals surface area contributed by atoms with Crippen LogP contribution in [0.15, 0.2) is 18.3 Å². The van der Waals surface area contributed by atoms with Crippen LogP contribution in [-0.4, -0.2) is 34.0 Å². The lowest BCUT2D eigenvalue weighted by Crippen LogP contribution is -2.56. The number of halogens is 1. The second-order valence-electron chi connectivity index (χ2n) is 10.9. The lowest BCUT2D eigenvalue weighted by molar-refractivity contribution is -0.144. The van der Waals surface area contributed by atoms with E-state index in [1.807, 2.05) is 18.3 Å². The van der Waals surface area contributed by atoms with Crippen LogP contribution in [0.2, 0.25) is 5.02 Å². The van der Waals surface area contributed by atoms with Crippen molar-refractivity contribution in [3.05, 3.63) is 28.9 Å². The summed E-state index contributed by atoms with van der Waals surface area (Å²) in [5.41, 5.74) is 2.36. The third-order valence-electron chi connectivity index (χ3n) is 8.05. The fraction of sp³-hybridized carbons (Fsp3) is 0.630. The topological polar surface area (TPSA) is 69.1 Å². The number of hydrogen-bond donors (Lipinski definition) is 1. The summed E-state index contributed by atoms with van der Waals surface area (Å²) in [6.07, 6.45) is 11.8. The molecule has 1 aromatic heterocycles. The first-order valence-corrected chi connectivity index (χ1v) is 12.9. The van der Waals surface area contributed by atoms with Crippen LogP contribution in [0.3, 0.4) is 0 Å². The zero-order valence-electron chi connectivity index (χ0n) is 19.7. The van der Waals surface area contributed by atoms with Crippen molar-refractivity contribution in [2.24, 2.45) is 5.41 Å². The fourth-order valence-corrected chi connectivity index (χ4v) is 6.63. The number of hydrogen-bond acceptors (Lipinski definition) is 3. The zero-order chi connectivity index (χ0) is 23.2. The largest absolute Gasteiger partial charge is 0.489 e. The van der Waals surface area contributed by atoms with Crippen LogP contribution in [0.4, 0.5) is 0 Å². The number of nitrogens with one attached hydrogen (secondary N) is 1. The summed E-state index contributed by atoms with van der Waals surface area (Å²) < 4.78 is 6.00. The molecule has 2 saturated carbocycles. The van der Waals surface area contributed by atoms with E-state index in [-0.39, 0.29) is 24.0 Å². The Balaban J connectivity index is 1.37. The molecule has 3 fully saturated rings. The average molecular weight is 468 g/mol. The van der Waals surface area contributed by atoms with E-state index in [4.69, 9.17) is 16.3 Å². The lowest BCUT2D eigenvalue weighted by Gasteiger charge is -2.53. The molecule has 33 heavy (non-hydrogen) atoms. The van der Waals surface area contributed by atoms with E-state index < -0.39 is 0 Å². The molecule has 1 saturated heterocycles. The summed E-state index contributed by atoms with van der Waals surface area (Å²) in [4.78, 5) is 19.2. The van der Waals surface area contributed by atoms with Crippen LogP contribution >= 0.6 is 11.6 Å². The van der Waals surface area contributed by atoms with Crippen molar-refractivity contribution < 1.29 is 9.53 Å². The van der Waals surface area contributed by atoms with Gasteiger partial charge in [-0.05, 0) is 74.0 Å². The Morgan fingerprint density at radius 3 is 2.94 bits per heavy atom. The standard InChI is InChI=1S/C27H34ClN3O2/c1-17(21-16-30-22-9-10-23(26(28)25(21)22)33-20-7-8-20)13-24(32)31-18-5-3-11-27(2,14-18)15-19(31)6-4-12-29/h9-10,16-20,30H,3-8,11,13-15H2,1-2H3. The molecule has 1 aliphatic heterocycles. The number of benzene rings is 1. The van der Waals surface area contributed by atoms with Crippen LogP contribution < -0.4 is 4.74 Å². The Kier molecular flexibility index (Phi) is 6.07. The Labute approximate surface area is 201 Å². The minimum Gasteiger partial charge on any atom is -0.489 e. The SMILES string of the molecule is CC(CC(=O)N1C(CCC#N)CC2(C)CCCC1C2)c1c[nH]c2ccc(OC3CC3)c(Cl)c12. The quantitative estimate of drug-likeness (QED) is 0.491. The monoisotopic (exact) mass is 467 g/mol. The first-order valence-electron chi connectivity index (χ1n) is 12.5. The molecule has 176 valence electrons. The van der Waals surface area contributed by atoms with Gasteiger partial charge in [0.1, 0.15) is 5.75 Å². The maximum atomic E-state index is 13.7. The number of carbonyl (C=O) groups is 1. The van der Waals surface area contributed by atoms with Crippen LogP contribution in [0, 0.1) is 16.7 Å². The molecule has 0 radical (unpaired) electrons. The van der Waals surface area contributed by atoms with Crippen molar-refractivity contribution in [2.45, 2.75) is 102 Å². The minimum atomic E-state index is 0.0356. The Morgan fingerprint density at radius 2 is 2.18 bits per heavy atom. The molecule has 5 rings (SSSR count). The third kappa shape index (κ3) is 4.47. The van der Waals surface area contributed by atoms with Gasteiger partial charge in [-0.1, -0.05) is 31.9 Å². The van der Waals surface area contributed by atoms with Gasteiger partial charge >= 0.3 is 0 Å². The number of nitrogens with zero attached hydrogens (tertiary/aromatic N) is 2. The van der Waals surface area contributed by atoms with Gasteiger partial charge in [0.2, 0.25) is 5.91 Å². The summed E-state index contributed by atoms with van der Waals surface area (Å²) in [6, 6.07) is 6.74. The highest BCUT2D eigenvalue weighted by Crippen LogP contribution is 2.48.